The molecule has 2 bridgehead atoms. The number of aryl methyl sites for hydroxylation is 18. The second-order valence-electron chi connectivity index (χ2n) is 41.8. The van der Waals surface area contributed by atoms with E-state index in [1.807, 2.05) is 0 Å². The molecule has 7 aliphatic carbocycles. The van der Waals surface area contributed by atoms with Gasteiger partial charge >= 0.3 is 0 Å². The summed E-state index contributed by atoms with van der Waals surface area (Å²) in [5.74, 6) is 1.63. The molecule has 0 amide bonds. The number of hydrogen-bond acceptors (Lipinski definition) is 0. The maximum absolute atomic E-state index is 2.54. The van der Waals surface area contributed by atoms with E-state index >= 15 is 0 Å². The molecule has 26 rings (SSSR count). The predicted octanol–water partition coefficient (Wildman–Crippen LogP) is 30.8. The van der Waals surface area contributed by atoms with Crippen LogP contribution in [0.4, 0.5) is 0 Å². The summed E-state index contributed by atoms with van der Waals surface area (Å²) in [5.41, 5.74) is 73.4. The minimum Gasteiger partial charge on any atom is -0.201 e. The van der Waals surface area contributed by atoms with Gasteiger partial charge in [-0.2, -0.15) is 0 Å². The van der Waals surface area contributed by atoms with Gasteiger partial charge in [-0.05, 0) is 359 Å². The number of fused-ring (bicyclic) bond motifs is 20. The lowest BCUT2D eigenvalue weighted by Gasteiger charge is -2.16. The number of pyridine rings is 5. The van der Waals surface area contributed by atoms with Gasteiger partial charge in [0.1, 0.15) is 35.2 Å². The minimum absolute atomic E-state index is 0.807. The summed E-state index contributed by atoms with van der Waals surface area (Å²) >= 11 is 0. The Morgan fingerprint density at radius 3 is 0.993 bits per heavy atom. The van der Waals surface area contributed by atoms with Crippen molar-refractivity contribution < 1.29 is 22.8 Å². The van der Waals surface area contributed by atoms with Gasteiger partial charge in [0.2, 0.25) is 28.5 Å². The predicted molar refractivity (Wildman–Crippen MR) is 589 cm³/mol. The Kier molecular flexibility index (Phi) is 24.2. The summed E-state index contributed by atoms with van der Waals surface area (Å²) in [7, 11) is 10.9. The summed E-state index contributed by atoms with van der Waals surface area (Å²) in [6, 6.07) is 114. The summed E-state index contributed by atoms with van der Waals surface area (Å²) < 4.78 is 11.6. The van der Waals surface area contributed by atoms with Crippen LogP contribution in [0, 0.1) is 90.0 Å². The van der Waals surface area contributed by atoms with Gasteiger partial charge in [0.15, 0.2) is 31.0 Å². The second kappa shape index (κ2) is 37.4. The van der Waals surface area contributed by atoms with E-state index in [1.165, 1.54) is 304 Å². The highest BCUT2D eigenvalue weighted by Gasteiger charge is 2.42. The zero-order valence-corrected chi connectivity index (χ0v) is 85.9. The zero-order valence-electron chi connectivity index (χ0n) is 85.9. The lowest BCUT2D eigenvalue weighted by atomic mass is 9.89. The number of aromatic nitrogens is 5. The fourth-order valence-corrected chi connectivity index (χ4v) is 25.5. The lowest BCUT2D eigenvalue weighted by molar-refractivity contribution is -0.661. The molecular formula is C137H128N5+5. The van der Waals surface area contributed by atoms with Crippen LogP contribution < -0.4 is 22.8 Å². The first kappa shape index (κ1) is 91.9. The van der Waals surface area contributed by atoms with Gasteiger partial charge in [-0.3, -0.25) is 0 Å². The SMILES string of the molecule is Cc1c[n+](C)c(-c2c(C)cc(C)c3c2Cc2ccccc2-3)cc1-c1ccccc1.Cc1c[n+](C)c(-c2c(C)ccc3c2Cc2cccc(C)c2-3)cc1-c1ccccc1.Cc1c[n+](C)c(-c2c(C)ccc3c2Cc2ccccc2-3)cc1-c1ccccc1.Cc1ccc2c(c1)-c1ccc(C)c(-c3cc(-c4ccccc4)c(C)c[n+]3C)c1C2.Cc1cccc2c1Cc1c-2ccc(C)c1-c1cc2c(c[n+]1C)C1CCC2C1. The Balaban J connectivity index is 0.000000102. The monoisotopic (exact) mass is 1840 g/mol. The molecule has 0 aliphatic heterocycles. The average molecular weight is 1840 g/mol. The Morgan fingerprint density at radius 2 is 0.507 bits per heavy atom. The number of hydrogen-bond donors (Lipinski definition) is 0. The van der Waals surface area contributed by atoms with Gasteiger partial charge in [0.25, 0.3) is 0 Å². The summed E-state index contributed by atoms with van der Waals surface area (Å²) in [6.45, 7) is 29.0. The van der Waals surface area contributed by atoms with Crippen molar-refractivity contribution in [2.24, 2.45) is 35.2 Å². The highest BCUT2D eigenvalue weighted by atomic mass is 14.9. The van der Waals surface area contributed by atoms with Crippen LogP contribution in [0.2, 0.25) is 0 Å². The highest BCUT2D eigenvalue weighted by Crippen LogP contribution is 2.55. The average Bonchev–Trinajstić information content (AvgIpc) is 1.53. The molecule has 5 heteroatoms. The topological polar surface area (TPSA) is 19.4 Å². The zero-order chi connectivity index (χ0) is 97.9. The molecule has 19 aromatic rings. The van der Waals surface area contributed by atoms with Crippen LogP contribution in [0.1, 0.15) is 170 Å². The van der Waals surface area contributed by atoms with E-state index in [0.717, 1.165) is 43.9 Å². The van der Waals surface area contributed by atoms with E-state index in [1.54, 1.807) is 11.1 Å². The van der Waals surface area contributed by atoms with Gasteiger partial charge in [-0.25, -0.2) is 22.8 Å². The molecule has 7 aliphatic rings. The van der Waals surface area contributed by atoms with Crippen LogP contribution in [0.3, 0.4) is 0 Å². The molecule has 142 heavy (non-hydrogen) atoms. The van der Waals surface area contributed by atoms with E-state index in [0.29, 0.717) is 0 Å². The normalized spacial score (nSPS) is 13.8. The molecule has 1 fully saturated rings. The largest absolute Gasteiger partial charge is 0.213 e. The van der Waals surface area contributed by atoms with E-state index in [-0.39, 0.29) is 0 Å². The molecule has 5 nitrogen and oxygen atoms in total. The van der Waals surface area contributed by atoms with Crippen molar-refractivity contribution in [3.63, 3.8) is 0 Å². The van der Waals surface area contributed by atoms with Crippen LogP contribution in [-0.4, -0.2) is 0 Å². The molecule has 5 heterocycles. The van der Waals surface area contributed by atoms with Crippen LogP contribution in [0.15, 0.2) is 340 Å². The van der Waals surface area contributed by atoms with E-state index in [4.69, 9.17) is 0 Å². The molecule has 0 radical (unpaired) electrons. The van der Waals surface area contributed by atoms with E-state index in [2.05, 4.69) is 488 Å². The van der Waals surface area contributed by atoms with Crippen LogP contribution in [0.5, 0.6) is 0 Å². The summed E-state index contributed by atoms with van der Waals surface area (Å²) in [6.07, 6.45) is 20.8. The number of nitrogens with zero attached hydrogens (tertiary/aromatic N) is 5. The van der Waals surface area contributed by atoms with Gasteiger partial charge in [-0.1, -0.05) is 285 Å². The Labute approximate surface area is 841 Å². The van der Waals surface area contributed by atoms with E-state index < -0.39 is 0 Å². The molecule has 1 saturated carbocycles. The number of benzene rings is 14. The quantitative estimate of drug-likeness (QED) is 0.128. The van der Waals surface area contributed by atoms with Gasteiger partial charge in [0, 0.05) is 58.1 Å². The Bertz CT molecular complexity index is 8330. The van der Waals surface area contributed by atoms with Crippen molar-refractivity contribution >= 4 is 0 Å². The van der Waals surface area contributed by atoms with E-state index in [9.17, 15) is 0 Å². The highest BCUT2D eigenvalue weighted by molar-refractivity contribution is 5.93. The number of rotatable bonds is 9. The van der Waals surface area contributed by atoms with Crippen molar-refractivity contribution in [3.05, 3.63) is 479 Å². The van der Waals surface area contributed by atoms with Crippen LogP contribution >= 0.6 is 0 Å². The first-order valence-electron chi connectivity index (χ1n) is 51.2. The third-order valence-electron chi connectivity index (χ3n) is 32.4. The Morgan fingerprint density at radius 1 is 0.183 bits per heavy atom. The molecule has 0 spiro atoms. The van der Waals surface area contributed by atoms with Crippen LogP contribution in [-0.2, 0) is 67.3 Å². The standard InChI is InChI=1S/3C28H26N.C27H24N.C26H26N/c1-18-9-8-12-22-15-25-23(27(18)22)14-13-19(2)28(25)26-16-24(20(3)17-29(26)4)21-10-6-5-7-11-21;1-18-14-19(2)28(25-15-22-12-8-9-13-23(22)27(18)25)26-16-24(20(3)17-29(26)4)21-10-6-5-7-11-21;1-18-10-12-22-15-26-23(25(22)14-18)13-11-19(2)28(26)27-16-24(20(3)17-29(27)4)21-8-6-5-7-9-21;1-18-13-14-23-22-12-8-7-11-21(22)15-25(23)27(18)26-16-24(19(2)17-28(26)3)20-9-5-4-6-10-20;1-15-5-4-6-19-20-10-7-16(2)26(23(20)12-21(15)19)25-13-22-17-8-9-18(11-17)24(22)14-27(25)3/h3*5-14,16-17H,15H2,1-4H3;4-14,16-17H,15H2,1-3H3;4-7,10,13-14,17-18H,8-9,11-12H2,1-3H3/q5*+1. The smallest absolute Gasteiger partial charge is 0.201 e. The van der Waals surface area contributed by atoms with Gasteiger partial charge < -0.3 is 0 Å². The molecular weight excluding hydrogens is 1720 g/mol. The fourth-order valence-electron chi connectivity index (χ4n) is 25.5. The maximum atomic E-state index is 2.54. The lowest BCUT2D eigenvalue weighted by Crippen LogP contribution is -2.32. The molecule has 5 aromatic heterocycles. The third kappa shape index (κ3) is 16.5. The molecule has 14 aromatic carbocycles. The molecule has 0 saturated heterocycles. The molecule has 2 atom stereocenters. The summed E-state index contributed by atoms with van der Waals surface area (Å²) in [4.78, 5) is 0. The summed E-state index contributed by atoms with van der Waals surface area (Å²) in [5, 5.41) is 0. The first-order valence-corrected chi connectivity index (χ1v) is 51.2. The van der Waals surface area contributed by atoms with Crippen molar-refractivity contribution in [1.82, 2.24) is 0 Å². The van der Waals surface area contributed by atoms with Gasteiger partial charge in [-0.15, -0.1) is 0 Å². The third-order valence-corrected chi connectivity index (χ3v) is 32.4. The van der Waals surface area contributed by atoms with Gasteiger partial charge in [0.05, 0.1) is 27.8 Å². The molecule has 0 N–H and O–H groups in total. The van der Waals surface area contributed by atoms with Crippen molar-refractivity contribution in [2.45, 2.75) is 153 Å². The van der Waals surface area contributed by atoms with Crippen molar-refractivity contribution in [2.75, 3.05) is 0 Å². The fraction of sp³-hybridized carbons (Fsp3) is 0.204. The Hall–Kier alpha value is -15.2. The maximum Gasteiger partial charge on any atom is 0.213 e. The molecule has 2 unspecified atom stereocenters. The molecule has 696 valence electrons. The first-order chi connectivity index (χ1) is 68.9. The van der Waals surface area contributed by atoms with Crippen molar-refractivity contribution in [1.29, 1.82) is 0 Å². The second-order valence-corrected chi connectivity index (χ2v) is 41.8. The van der Waals surface area contributed by atoms with Crippen molar-refractivity contribution in [3.8, 4) is 156 Å². The minimum atomic E-state index is 0.807. The van der Waals surface area contributed by atoms with Crippen LogP contribution in [0.25, 0.3) is 156 Å².